The maximum atomic E-state index is 13.1. The van der Waals surface area contributed by atoms with Crippen LogP contribution >= 0.6 is 0 Å². The minimum absolute atomic E-state index is 0.428. The first-order chi connectivity index (χ1) is 16.2. The lowest BCUT2D eigenvalue weighted by molar-refractivity contribution is 0.0845. The van der Waals surface area contributed by atoms with Gasteiger partial charge in [0.15, 0.2) is 0 Å². The zero-order valence-electron chi connectivity index (χ0n) is 17.7. The fourth-order valence-electron chi connectivity index (χ4n) is 4.52. The third kappa shape index (κ3) is 3.31. The lowest BCUT2D eigenvalue weighted by Crippen LogP contribution is -2.23. The van der Waals surface area contributed by atoms with E-state index in [9.17, 15) is 9.59 Å². The molecule has 0 spiro atoms. The molecule has 3 heteroatoms. The summed E-state index contributed by atoms with van der Waals surface area (Å²) in [6.07, 6.45) is 0. The van der Waals surface area contributed by atoms with Crippen LogP contribution < -0.4 is 5.32 Å². The Hall–Kier alpha value is -4.50. The molecular formula is C30H18NO2. The SMILES string of the molecule is O=C([N]C(=O)c1cccc2cc3ccccc3cc12)c1cccc2cc3ccccc3cc12. The van der Waals surface area contributed by atoms with E-state index in [-0.39, 0.29) is 0 Å². The van der Waals surface area contributed by atoms with Crippen molar-refractivity contribution in [3.63, 3.8) is 0 Å². The van der Waals surface area contributed by atoms with Crippen LogP contribution in [0.1, 0.15) is 20.7 Å². The topological polar surface area (TPSA) is 48.2 Å². The molecule has 0 fully saturated rings. The molecule has 155 valence electrons. The summed E-state index contributed by atoms with van der Waals surface area (Å²) in [5, 5.41) is 11.8. The highest BCUT2D eigenvalue weighted by molar-refractivity contribution is 6.19. The molecule has 6 aromatic rings. The van der Waals surface area contributed by atoms with Gasteiger partial charge in [0.05, 0.1) is 0 Å². The molecule has 0 N–H and O–H groups in total. The summed E-state index contributed by atoms with van der Waals surface area (Å²) in [5.74, 6) is -1.06. The number of hydrogen-bond donors (Lipinski definition) is 0. The normalized spacial score (nSPS) is 11.3. The molecule has 0 saturated heterocycles. The van der Waals surface area contributed by atoms with Gasteiger partial charge in [0, 0.05) is 11.1 Å². The Kier molecular flexibility index (Phi) is 4.41. The van der Waals surface area contributed by atoms with E-state index in [1.165, 1.54) is 0 Å². The average Bonchev–Trinajstić information content (AvgIpc) is 2.85. The number of amides is 2. The third-order valence-electron chi connectivity index (χ3n) is 6.16. The van der Waals surface area contributed by atoms with Gasteiger partial charge in [-0.15, -0.1) is 0 Å². The van der Waals surface area contributed by atoms with Crippen LogP contribution in [0.4, 0.5) is 0 Å². The molecule has 0 heterocycles. The molecule has 0 atom stereocenters. The van der Waals surface area contributed by atoms with E-state index >= 15 is 0 Å². The quantitative estimate of drug-likeness (QED) is 0.225. The standard InChI is InChI=1S/C30H18NO2/c32-29(25-13-5-11-23-15-19-7-1-3-9-21(19)17-27(23)25)31-30(33)26-14-6-12-24-16-20-8-2-4-10-22(20)18-28(24)26/h1-18H. The molecule has 0 bridgehead atoms. The first-order valence-electron chi connectivity index (χ1n) is 10.8. The number of fused-ring (bicyclic) bond motifs is 4. The maximum Gasteiger partial charge on any atom is 0.281 e. The van der Waals surface area contributed by atoms with E-state index in [4.69, 9.17) is 0 Å². The van der Waals surface area contributed by atoms with Gasteiger partial charge in [0.1, 0.15) is 0 Å². The van der Waals surface area contributed by atoms with Gasteiger partial charge >= 0.3 is 0 Å². The van der Waals surface area contributed by atoms with Gasteiger partial charge in [0.2, 0.25) is 0 Å². The number of imide groups is 1. The van der Waals surface area contributed by atoms with Crippen molar-refractivity contribution in [3.05, 3.63) is 120 Å². The summed E-state index contributed by atoms with van der Waals surface area (Å²) in [5.41, 5.74) is 0.856. The largest absolute Gasteiger partial charge is 0.281 e. The first kappa shape index (κ1) is 19.2. The van der Waals surface area contributed by atoms with Gasteiger partial charge in [-0.2, -0.15) is 5.32 Å². The number of carbonyl (C=O) groups excluding carboxylic acids is 2. The zero-order valence-corrected chi connectivity index (χ0v) is 17.7. The highest BCUT2D eigenvalue weighted by atomic mass is 16.2. The van der Waals surface area contributed by atoms with E-state index in [1.807, 2.05) is 84.9 Å². The van der Waals surface area contributed by atoms with Crippen molar-refractivity contribution >= 4 is 54.9 Å². The second kappa shape index (κ2) is 7.57. The molecule has 0 unspecified atom stereocenters. The predicted octanol–water partition coefficient (Wildman–Crippen LogP) is 6.88. The molecule has 33 heavy (non-hydrogen) atoms. The van der Waals surface area contributed by atoms with Crippen molar-refractivity contribution in [1.82, 2.24) is 5.32 Å². The highest BCUT2D eigenvalue weighted by Gasteiger charge is 2.19. The average molecular weight is 424 g/mol. The van der Waals surface area contributed by atoms with Crippen molar-refractivity contribution in [2.24, 2.45) is 0 Å². The van der Waals surface area contributed by atoms with Crippen LogP contribution in [0.3, 0.4) is 0 Å². The Balaban J connectivity index is 1.40. The molecule has 0 aliphatic carbocycles. The number of carbonyl (C=O) groups is 2. The van der Waals surface area contributed by atoms with E-state index < -0.39 is 11.8 Å². The van der Waals surface area contributed by atoms with Gasteiger partial charge in [-0.05, 0) is 79.5 Å². The van der Waals surface area contributed by atoms with Crippen LogP contribution in [0, 0.1) is 0 Å². The third-order valence-corrected chi connectivity index (χ3v) is 6.16. The smallest absolute Gasteiger partial charge is 0.267 e. The van der Waals surface area contributed by atoms with Crippen LogP contribution in [0.2, 0.25) is 0 Å². The van der Waals surface area contributed by atoms with Crippen LogP contribution in [0.15, 0.2) is 109 Å². The number of nitrogens with zero attached hydrogens (tertiary/aromatic N) is 1. The molecule has 0 aliphatic heterocycles. The van der Waals surface area contributed by atoms with E-state index in [1.54, 1.807) is 12.1 Å². The molecule has 6 aromatic carbocycles. The van der Waals surface area contributed by atoms with Crippen molar-refractivity contribution in [1.29, 1.82) is 0 Å². The summed E-state index contributed by atoms with van der Waals surface area (Å²) in [4.78, 5) is 26.3. The second-order valence-electron chi connectivity index (χ2n) is 8.17. The van der Waals surface area contributed by atoms with Gasteiger partial charge in [-0.3, -0.25) is 9.59 Å². The second-order valence-corrected chi connectivity index (χ2v) is 8.17. The van der Waals surface area contributed by atoms with E-state index in [0.29, 0.717) is 11.1 Å². The van der Waals surface area contributed by atoms with Crippen LogP contribution in [-0.4, -0.2) is 11.8 Å². The predicted molar refractivity (Wildman–Crippen MR) is 134 cm³/mol. The molecule has 1 radical (unpaired) electrons. The van der Waals surface area contributed by atoms with Gasteiger partial charge in [-0.25, -0.2) is 0 Å². The van der Waals surface area contributed by atoms with Crippen LogP contribution in [0.25, 0.3) is 43.1 Å². The summed E-state index contributed by atoms with van der Waals surface area (Å²) in [6, 6.07) is 35.2. The lowest BCUT2D eigenvalue weighted by Gasteiger charge is -2.09. The summed E-state index contributed by atoms with van der Waals surface area (Å²) in [7, 11) is 0. The Morgan fingerprint density at radius 1 is 0.424 bits per heavy atom. The van der Waals surface area contributed by atoms with Crippen LogP contribution in [0.5, 0.6) is 0 Å². The molecule has 3 nitrogen and oxygen atoms in total. The molecule has 2 amide bonds. The van der Waals surface area contributed by atoms with E-state index in [2.05, 4.69) is 17.4 Å². The van der Waals surface area contributed by atoms with Crippen LogP contribution in [-0.2, 0) is 0 Å². The van der Waals surface area contributed by atoms with Crippen molar-refractivity contribution in [2.45, 2.75) is 0 Å². The molecule has 0 aromatic heterocycles. The minimum Gasteiger partial charge on any atom is -0.267 e. The van der Waals surface area contributed by atoms with Gasteiger partial charge in [-0.1, -0.05) is 72.8 Å². The summed E-state index contributed by atoms with van der Waals surface area (Å²) in [6.45, 7) is 0. The Bertz CT molecular complexity index is 1600. The molecule has 0 aliphatic rings. The highest BCUT2D eigenvalue weighted by Crippen LogP contribution is 2.27. The number of benzene rings is 6. The Morgan fingerprint density at radius 3 is 1.21 bits per heavy atom. The molecular weight excluding hydrogens is 406 g/mol. The first-order valence-corrected chi connectivity index (χ1v) is 10.8. The monoisotopic (exact) mass is 424 g/mol. The Labute approximate surface area is 190 Å². The Morgan fingerprint density at radius 2 is 0.788 bits per heavy atom. The number of rotatable bonds is 2. The number of hydrogen-bond acceptors (Lipinski definition) is 2. The minimum atomic E-state index is -0.529. The van der Waals surface area contributed by atoms with E-state index in [0.717, 1.165) is 43.1 Å². The molecule has 0 saturated carbocycles. The zero-order chi connectivity index (χ0) is 22.4. The molecule has 6 rings (SSSR count). The summed E-state index contributed by atoms with van der Waals surface area (Å²) >= 11 is 0. The summed E-state index contributed by atoms with van der Waals surface area (Å²) < 4.78 is 0. The van der Waals surface area contributed by atoms with Crippen molar-refractivity contribution in [3.8, 4) is 0 Å². The fraction of sp³-hybridized carbons (Fsp3) is 0. The fourth-order valence-corrected chi connectivity index (χ4v) is 4.52. The maximum absolute atomic E-state index is 13.1. The van der Waals surface area contributed by atoms with Gasteiger partial charge in [0.25, 0.3) is 11.8 Å². The van der Waals surface area contributed by atoms with Gasteiger partial charge < -0.3 is 0 Å². The van der Waals surface area contributed by atoms with Crippen molar-refractivity contribution < 1.29 is 9.59 Å². The van der Waals surface area contributed by atoms with Crippen molar-refractivity contribution in [2.75, 3.05) is 0 Å². The lowest BCUT2D eigenvalue weighted by atomic mass is 9.98.